The summed E-state index contributed by atoms with van der Waals surface area (Å²) in [5.74, 6) is 0.734. The summed E-state index contributed by atoms with van der Waals surface area (Å²) in [4.78, 5) is 12.2. The number of nitrogens with zero attached hydrogens (tertiary/aromatic N) is 2. The van der Waals surface area contributed by atoms with Gasteiger partial charge in [-0.25, -0.2) is 4.68 Å². The average Bonchev–Trinajstić information content (AvgIpc) is 2.54. The number of rotatable bonds is 6. The molecule has 2 aromatic rings. The molecule has 2 N–H and O–H groups in total. The van der Waals surface area contributed by atoms with E-state index in [2.05, 4.69) is 5.10 Å². The third-order valence-corrected chi connectivity index (χ3v) is 3.14. The van der Waals surface area contributed by atoms with Gasteiger partial charge in [0.1, 0.15) is 5.75 Å². The summed E-state index contributed by atoms with van der Waals surface area (Å²) in [6.07, 6.45) is 0. The van der Waals surface area contributed by atoms with Crippen molar-refractivity contribution in [2.45, 2.75) is 13.1 Å². The first-order valence-corrected chi connectivity index (χ1v) is 6.64. The number of nitrogens with two attached hydrogens (primary N) is 1. The average molecular weight is 289 g/mol. The number of aromatic nitrogens is 2. The molecule has 21 heavy (non-hydrogen) atoms. The molecule has 0 radical (unpaired) electrons. The van der Waals surface area contributed by atoms with E-state index in [1.54, 1.807) is 20.3 Å². The van der Waals surface area contributed by atoms with E-state index in [0.717, 1.165) is 11.3 Å². The van der Waals surface area contributed by atoms with Crippen LogP contribution in [-0.2, 0) is 17.8 Å². The van der Waals surface area contributed by atoms with Crippen molar-refractivity contribution in [1.29, 1.82) is 0 Å². The van der Waals surface area contributed by atoms with Gasteiger partial charge in [0, 0.05) is 24.8 Å². The summed E-state index contributed by atoms with van der Waals surface area (Å²) < 4.78 is 11.6. The molecule has 0 aliphatic rings. The quantitative estimate of drug-likeness (QED) is 0.859. The zero-order chi connectivity index (χ0) is 15.2. The summed E-state index contributed by atoms with van der Waals surface area (Å²) in [7, 11) is 3.19. The van der Waals surface area contributed by atoms with Crippen LogP contribution < -0.4 is 16.0 Å². The summed E-state index contributed by atoms with van der Waals surface area (Å²) >= 11 is 0. The summed E-state index contributed by atoms with van der Waals surface area (Å²) in [5, 5.41) is 4.38. The first-order chi connectivity index (χ1) is 10.2. The highest BCUT2D eigenvalue weighted by Gasteiger charge is 2.09. The Morgan fingerprint density at radius 3 is 2.76 bits per heavy atom. The van der Waals surface area contributed by atoms with Gasteiger partial charge < -0.3 is 15.2 Å². The molecule has 2 rings (SSSR count). The Morgan fingerprint density at radius 1 is 1.29 bits per heavy atom. The van der Waals surface area contributed by atoms with Crippen molar-refractivity contribution in [3.63, 3.8) is 0 Å². The maximum atomic E-state index is 12.2. The van der Waals surface area contributed by atoms with Crippen molar-refractivity contribution >= 4 is 0 Å². The molecule has 112 valence electrons. The lowest BCUT2D eigenvalue weighted by atomic mass is 10.1. The number of hydrogen-bond acceptors (Lipinski definition) is 5. The lowest BCUT2D eigenvalue weighted by molar-refractivity contribution is 0.182. The van der Waals surface area contributed by atoms with E-state index in [0.29, 0.717) is 24.4 Å². The zero-order valence-electron chi connectivity index (χ0n) is 12.2. The van der Waals surface area contributed by atoms with Crippen LogP contribution in [0, 0.1) is 0 Å². The van der Waals surface area contributed by atoms with Crippen molar-refractivity contribution in [2.24, 2.45) is 5.73 Å². The van der Waals surface area contributed by atoms with E-state index in [9.17, 15) is 4.79 Å². The smallest absolute Gasteiger partial charge is 0.271 e. The summed E-state index contributed by atoms with van der Waals surface area (Å²) in [5.41, 5.74) is 7.56. The Bertz CT molecular complexity index is 667. The molecule has 1 aromatic carbocycles. The van der Waals surface area contributed by atoms with Gasteiger partial charge in [-0.05, 0) is 18.2 Å². The molecule has 0 saturated carbocycles. The number of hydrogen-bond donors (Lipinski definition) is 1. The fourth-order valence-electron chi connectivity index (χ4n) is 2.00. The number of ether oxygens (including phenoxy) is 2. The molecule has 0 unspecified atom stereocenters. The largest absolute Gasteiger partial charge is 0.497 e. The molecule has 0 aliphatic heterocycles. The molecule has 6 nitrogen and oxygen atoms in total. The zero-order valence-corrected chi connectivity index (χ0v) is 12.2. The second-order valence-corrected chi connectivity index (χ2v) is 4.51. The van der Waals surface area contributed by atoms with Gasteiger partial charge in [0.2, 0.25) is 0 Å². The van der Waals surface area contributed by atoms with Crippen molar-refractivity contribution in [2.75, 3.05) is 20.8 Å². The van der Waals surface area contributed by atoms with Gasteiger partial charge >= 0.3 is 0 Å². The second kappa shape index (κ2) is 7.01. The monoisotopic (exact) mass is 289 g/mol. The lowest BCUT2D eigenvalue weighted by Gasteiger charge is -2.10. The summed E-state index contributed by atoms with van der Waals surface area (Å²) in [6, 6.07) is 9.24. The fourth-order valence-corrected chi connectivity index (χ4v) is 2.00. The Labute approximate surface area is 123 Å². The second-order valence-electron chi connectivity index (χ2n) is 4.51. The van der Waals surface area contributed by atoms with E-state index in [1.807, 2.05) is 24.3 Å². The molecule has 0 atom stereocenters. The molecular formula is C15H19N3O3. The van der Waals surface area contributed by atoms with Crippen molar-refractivity contribution in [3.05, 3.63) is 46.2 Å². The van der Waals surface area contributed by atoms with Crippen LogP contribution >= 0.6 is 0 Å². The molecule has 1 heterocycles. The van der Waals surface area contributed by atoms with Crippen molar-refractivity contribution < 1.29 is 9.47 Å². The fraction of sp³-hybridized carbons (Fsp3) is 0.333. The van der Waals surface area contributed by atoms with Gasteiger partial charge in [-0.2, -0.15) is 5.10 Å². The maximum absolute atomic E-state index is 12.2. The minimum absolute atomic E-state index is 0.172. The molecule has 1 aromatic heterocycles. The predicted octanol–water partition coefficient (Wildman–Crippen LogP) is 1.02. The SMILES string of the molecule is COCCn1nc(-c2cccc(OC)c2)cc(CN)c1=O. The van der Waals surface area contributed by atoms with E-state index in [-0.39, 0.29) is 12.1 Å². The van der Waals surface area contributed by atoms with Crippen LogP contribution in [0.5, 0.6) is 5.75 Å². The molecule has 0 bridgehead atoms. The third-order valence-electron chi connectivity index (χ3n) is 3.14. The minimum Gasteiger partial charge on any atom is -0.497 e. The van der Waals surface area contributed by atoms with Crippen molar-refractivity contribution in [3.8, 4) is 17.0 Å². The predicted molar refractivity (Wildman–Crippen MR) is 80.3 cm³/mol. The highest BCUT2D eigenvalue weighted by molar-refractivity contribution is 5.61. The number of benzene rings is 1. The van der Waals surface area contributed by atoms with E-state index in [4.69, 9.17) is 15.2 Å². The molecule has 6 heteroatoms. The molecule has 0 saturated heterocycles. The molecule has 0 amide bonds. The van der Waals surface area contributed by atoms with Crippen LogP contribution in [-0.4, -0.2) is 30.6 Å². The summed E-state index contributed by atoms with van der Waals surface area (Å²) in [6.45, 7) is 0.976. The normalized spacial score (nSPS) is 10.6. The van der Waals surface area contributed by atoms with Gasteiger partial charge in [0.05, 0.1) is 26.0 Å². The highest BCUT2D eigenvalue weighted by Crippen LogP contribution is 2.21. The van der Waals surface area contributed by atoms with E-state index < -0.39 is 0 Å². The first-order valence-electron chi connectivity index (χ1n) is 6.64. The Balaban J connectivity index is 2.49. The Hall–Kier alpha value is -2.18. The van der Waals surface area contributed by atoms with Gasteiger partial charge in [-0.15, -0.1) is 0 Å². The Morgan fingerprint density at radius 2 is 2.10 bits per heavy atom. The van der Waals surface area contributed by atoms with Crippen LogP contribution in [0.2, 0.25) is 0 Å². The van der Waals surface area contributed by atoms with Crippen molar-refractivity contribution in [1.82, 2.24) is 9.78 Å². The Kier molecular flexibility index (Phi) is 5.08. The molecule has 0 aliphatic carbocycles. The first kappa shape index (κ1) is 15.2. The van der Waals surface area contributed by atoms with E-state index in [1.165, 1.54) is 4.68 Å². The van der Waals surface area contributed by atoms with Crippen LogP contribution in [0.3, 0.4) is 0 Å². The van der Waals surface area contributed by atoms with Gasteiger partial charge in [-0.3, -0.25) is 4.79 Å². The van der Waals surface area contributed by atoms with Crippen LogP contribution in [0.1, 0.15) is 5.56 Å². The van der Waals surface area contributed by atoms with Gasteiger partial charge in [-0.1, -0.05) is 12.1 Å². The van der Waals surface area contributed by atoms with Gasteiger partial charge in [0.15, 0.2) is 0 Å². The molecule has 0 spiro atoms. The maximum Gasteiger partial charge on any atom is 0.271 e. The van der Waals surface area contributed by atoms with Crippen LogP contribution in [0.25, 0.3) is 11.3 Å². The molecular weight excluding hydrogens is 270 g/mol. The van der Waals surface area contributed by atoms with E-state index >= 15 is 0 Å². The lowest BCUT2D eigenvalue weighted by Crippen LogP contribution is -2.29. The van der Waals surface area contributed by atoms with Crippen LogP contribution in [0.4, 0.5) is 0 Å². The highest BCUT2D eigenvalue weighted by atomic mass is 16.5. The third kappa shape index (κ3) is 3.48. The number of methoxy groups -OCH3 is 2. The minimum atomic E-state index is -0.179. The molecule has 0 fully saturated rings. The standard InChI is InChI=1S/C15H19N3O3/c1-20-7-6-18-15(19)12(10-16)9-14(17-18)11-4-3-5-13(8-11)21-2/h3-5,8-9H,6-7,10,16H2,1-2H3. The topological polar surface area (TPSA) is 79.4 Å². The van der Waals surface area contributed by atoms with Crippen LogP contribution in [0.15, 0.2) is 35.1 Å². The van der Waals surface area contributed by atoms with Gasteiger partial charge in [0.25, 0.3) is 5.56 Å².